The van der Waals surface area contributed by atoms with Crippen LogP contribution in [0.5, 0.6) is 17.2 Å². The summed E-state index contributed by atoms with van der Waals surface area (Å²) < 4.78 is 5.60. The second-order valence-electron chi connectivity index (χ2n) is 8.85. The van der Waals surface area contributed by atoms with Gasteiger partial charge in [-0.05, 0) is 85.5 Å². The molecular formula is C29H23ClN2O5. The van der Waals surface area contributed by atoms with Crippen LogP contribution in [0.4, 0.5) is 11.4 Å². The molecule has 37 heavy (non-hydrogen) atoms. The maximum atomic E-state index is 13.2. The molecule has 7 nitrogen and oxygen atoms in total. The first-order valence-electron chi connectivity index (χ1n) is 11.8. The van der Waals surface area contributed by atoms with E-state index in [2.05, 4.69) is 9.88 Å². The minimum Gasteiger partial charge on any atom is -0.504 e. The van der Waals surface area contributed by atoms with E-state index in [0.717, 1.165) is 17.9 Å². The molecule has 1 aliphatic rings. The zero-order valence-corrected chi connectivity index (χ0v) is 20.4. The van der Waals surface area contributed by atoms with Gasteiger partial charge in [-0.1, -0.05) is 23.7 Å². The van der Waals surface area contributed by atoms with E-state index in [-0.39, 0.29) is 34.1 Å². The second-order valence-corrected chi connectivity index (χ2v) is 9.28. The Hall–Kier alpha value is -4.36. The van der Waals surface area contributed by atoms with Gasteiger partial charge in [0.05, 0.1) is 11.9 Å². The topological polar surface area (TPSA) is 100.0 Å². The molecule has 186 valence electrons. The standard InChI is InChI=1S/C29H23ClN2O5/c30-20-8-10-21(11-9-20)32(17-18-5-6-18)22-12-13-24(31-16-22)28(34)19-7-14-26(23(15-19)29(35)36)37-27-4-2-1-3-25(27)33/h1-4,7-16,18,33H,5-6,17H2,(H,35,36). The number of carbonyl (C=O) groups excluding carboxylic acids is 1. The molecule has 0 radical (unpaired) electrons. The summed E-state index contributed by atoms with van der Waals surface area (Å²) >= 11 is 6.06. The SMILES string of the molecule is O=C(c1ccc(Oc2ccccc2O)c(C(=O)O)c1)c1ccc(N(CC2CC2)c2ccc(Cl)cc2)cn1. The Morgan fingerprint density at radius 3 is 2.32 bits per heavy atom. The van der Waals surface area contributed by atoms with E-state index in [0.29, 0.717) is 10.9 Å². The third-order valence-electron chi connectivity index (χ3n) is 6.13. The lowest BCUT2D eigenvalue weighted by molar-refractivity contribution is 0.0694. The molecule has 4 aromatic rings. The summed E-state index contributed by atoms with van der Waals surface area (Å²) in [7, 11) is 0. The summed E-state index contributed by atoms with van der Waals surface area (Å²) in [5.41, 5.74) is 1.99. The summed E-state index contributed by atoms with van der Waals surface area (Å²) in [5, 5.41) is 20.3. The lowest BCUT2D eigenvalue weighted by Crippen LogP contribution is -2.20. The van der Waals surface area contributed by atoms with Gasteiger partial charge in [0.2, 0.25) is 5.78 Å². The number of aromatic carboxylic acids is 1. The highest BCUT2D eigenvalue weighted by atomic mass is 35.5. The van der Waals surface area contributed by atoms with Crippen LogP contribution < -0.4 is 9.64 Å². The number of carboxylic acid groups (broad SMARTS) is 1. The normalized spacial score (nSPS) is 12.7. The second kappa shape index (κ2) is 10.3. The fourth-order valence-corrected chi connectivity index (χ4v) is 4.08. The van der Waals surface area contributed by atoms with E-state index >= 15 is 0 Å². The van der Waals surface area contributed by atoms with Crippen molar-refractivity contribution in [2.24, 2.45) is 5.92 Å². The number of aromatic nitrogens is 1. The van der Waals surface area contributed by atoms with E-state index in [4.69, 9.17) is 16.3 Å². The van der Waals surface area contributed by atoms with Crippen LogP contribution in [0.2, 0.25) is 5.02 Å². The largest absolute Gasteiger partial charge is 0.504 e. The Balaban J connectivity index is 1.39. The number of nitrogens with zero attached hydrogens (tertiary/aromatic N) is 2. The molecule has 1 aliphatic carbocycles. The van der Waals surface area contributed by atoms with Gasteiger partial charge in [-0.2, -0.15) is 0 Å². The Labute approximate surface area is 218 Å². The van der Waals surface area contributed by atoms with E-state index in [1.807, 2.05) is 30.3 Å². The highest BCUT2D eigenvalue weighted by Crippen LogP contribution is 2.36. The quantitative estimate of drug-likeness (QED) is 0.239. The number of carboxylic acids is 1. The molecule has 0 amide bonds. The molecule has 0 unspecified atom stereocenters. The summed E-state index contributed by atoms with van der Waals surface area (Å²) in [6.07, 6.45) is 4.02. The number of rotatable bonds is 9. The van der Waals surface area contributed by atoms with Crippen LogP contribution in [-0.2, 0) is 0 Å². The Morgan fingerprint density at radius 1 is 0.946 bits per heavy atom. The predicted molar refractivity (Wildman–Crippen MR) is 140 cm³/mol. The monoisotopic (exact) mass is 514 g/mol. The Kier molecular flexibility index (Phi) is 6.79. The number of hydrogen-bond acceptors (Lipinski definition) is 6. The first-order chi connectivity index (χ1) is 17.9. The number of pyridine rings is 1. The number of phenols is 1. The summed E-state index contributed by atoms with van der Waals surface area (Å²) in [4.78, 5) is 31.6. The maximum Gasteiger partial charge on any atom is 0.339 e. The van der Waals surface area contributed by atoms with E-state index in [9.17, 15) is 19.8 Å². The van der Waals surface area contributed by atoms with Gasteiger partial charge in [-0.3, -0.25) is 9.78 Å². The third-order valence-corrected chi connectivity index (χ3v) is 6.38. The van der Waals surface area contributed by atoms with Crippen molar-refractivity contribution in [2.75, 3.05) is 11.4 Å². The molecule has 0 bridgehead atoms. The van der Waals surface area contributed by atoms with Gasteiger partial charge in [0, 0.05) is 22.8 Å². The molecule has 8 heteroatoms. The molecule has 1 saturated carbocycles. The highest BCUT2D eigenvalue weighted by molar-refractivity contribution is 6.30. The van der Waals surface area contributed by atoms with Crippen LogP contribution >= 0.6 is 11.6 Å². The smallest absolute Gasteiger partial charge is 0.339 e. The number of anilines is 2. The minimum absolute atomic E-state index is 0.00698. The van der Waals surface area contributed by atoms with Crippen molar-refractivity contribution < 1.29 is 24.5 Å². The molecule has 0 saturated heterocycles. The van der Waals surface area contributed by atoms with Crippen LogP contribution in [-0.4, -0.2) is 33.5 Å². The molecule has 1 heterocycles. The van der Waals surface area contributed by atoms with Gasteiger partial charge < -0.3 is 19.8 Å². The number of phenolic OH excluding ortho intramolecular Hbond substituents is 1. The number of aromatic hydroxyl groups is 1. The van der Waals surface area contributed by atoms with Gasteiger partial charge in [0.1, 0.15) is 17.0 Å². The number of benzene rings is 3. The lowest BCUT2D eigenvalue weighted by Gasteiger charge is -2.25. The Morgan fingerprint density at radius 2 is 1.68 bits per heavy atom. The van der Waals surface area contributed by atoms with Crippen LogP contribution in [0.15, 0.2) is 85.1 Å². The zero-order chi connectivity index (χ0) is 25.9. The van der Waals surface area contributed by atoms with Gasteiger partial charge in [0.25, 0.3) is 0 Å². The number of para-hydroxylation sites is 2. The van der Waals surface area contributed by atoms with Gasteiger partial charge in [-0.15, -0.1) is 0 Å². The van der Waals surface area contributed by atoms with Gasteiger partial charge in [-0.25, -0.2) is 4.79 Å². The van der Waals surface area contributed by atoms with Crippen LogP contribution in [0, 0.1) is 5.92 Å². The van der Waals surface area contributed by atoms with Crippen molar-refractivity contribution in [3.8, 4) is 17.2 Å². The number of ether oxygens (including phenoxy) is 1. The van der Waals surface area contributed by atoms with E-state index < -0.39 is 11.8 Å². The van der Waals surface area contributed by atoms with Crippen molar-refractivity contribution in [1.29, 1.82) is 0 Å². The van der Waals surface area contributed by atoms with Crippen molar-refractivity contribution in [1.82, 2.24) is 4.98 Å². The number of ketones is 1. The maximum absolute atomic E-state index is 13.2. The fraction of sp³-hybridized carbons (Fsp3) is 0.138. The van der Waals surface area contributed by atoms with E-state index in [1.54, 1.807) is 24.4 Å². The van der Waals surface area contributed by atoms with Crippen molar-refractivity contribution in [3.63, 3.8) is 0 Å². The first kappa shape index (κ1) is 24.3. The number of carbonyl (C=O) groups is 2. The van der Waals surface area contributed by atoms with Crippen molar-refractivity contribution >= 4 is 34.7 Å². The van der Waals surface area contributed by atoms with E-state index in [1.165, 1.54) is 43.2 Å². The molecule has 1 aromatic heterocycles. The summed E-state index contributed by atoms with van der Waals surface area (Å²) in [6, 6.07) is 21.4. The average molecular weight is 515 g/mol. The van der Waals surface area contributed by atoms with Crippen LogP contribution in [0.3, 0.4) is 0 Å². The van der Waals surface area contributed by atoms with Crippen LogP contribution in [0.25, 0.3) is 0 Å². The summed E-state index contributed by atoms with van der Waals surface area (Å²) in [5.74, 6) is -1.07. The van der Waals surface area contributed by atoms with Gasteiger partial charge >= 0.3 is 5.97 Å². The minimum atomic E-state index is -1.26. The predicted octanol–water partition coefficient (Wildman–Crippen LogP) is 6.71. The first-order valence-corrected chi connectivity index (χ1v) is 12.1. The zero-order valence-electron chi connectivity index (χ0n) is 19.7. The van der Waals surface area contributed by atoms with Crippen molar-refractivity contribution in [2.45, 2.75) is 12.8 Å². The fourth-order valence-electron chi connectivity index (χ4n) is 3.96. The Bertz CT molecular complexity index is 1450. The average Bonchev–Trinajstić information content (AvgIpc) is 3.73. The molecular weight excluding hydrogens is 492 g/mol. The highest BCUT2D eigenvalue weighted by Gasteiger charge is 2.26. The summed E-state index contributed by atoms with van der Waals surface area (Å²) in [6.45, 7) is 0.844. The molecule has 5 rings (SSSR count). The number of hydrogen-bond donors (Lipinski definition) is 2. The molecule has 3 aromatic carbocycles. The molecule has 0 aliphatic heterocycles. The molecule has 1 fully saturated rings. The lowest BCUT2D eigenvalue weighted by atomic mass is 10.0. The van der Waals surface area contributed by atoms with Crippen molar-refractivity contribution in [3.05, 3.63) is 107 Å². The molecule has 0 atom stereocenters. The number of halogens is 1. The molecule has 2 N–H and O–H groups in total. The van der Waals surface area contributed by atoms with Gasteiger partial charge in [0.15, 0.2) is 11.5 Å². The van der Waals surface area contributed by atoms with Crippen LogP contribution in [0.1, 0.15) is 39.3 Å². The molecule has 0 spiro atoms. The third kappa shape index (κ3) is 5.57.